The fraction of sp³-hybridized carbons (Fsp3) is 0.600. The average Bonchev–Trinajstić information content (AvgIpc) is 2.03. The maximum Gasteiger partial charge on any atom is 0.0193 e. The summed E-state index contributed by atoms with van der Waals surface area (Å²) in [5, 5.41) is 3.48. The van der Waals surface area contributed by atoms with Gasteiger partial charge in [0.05, 0.1) is 0 Å². The summed E-state index contributed by atoms with van der Waals surface area (Å²) >= 11 is 0. The van der Waals surface area contributed by atoms with Gasteiger partial charge in [0.15, 0.2) is 0 Å². The van der Waals surface area contributed by atoms with Crippen molar-refractivity contribution >= 4 is 0 Å². The molecule has 1 aliphatic carbocycles. The summed E-state index contributed by atoms with van der Waals surface area (Å²) in [5.41, 5.74) is 0.322. The van der Waals surface area contributed by atoms with E-state index in [4.69, 9.17) is 0 Å². The molecule has 1 nitrogen and oxygen atoms in total. The van der Waals surface area contributed by atoms with Gasteiger partial charge in [-0.25, -0.2) is 0 Å². The Kier molecular flexibility index (Phi) is 2.89. The highest BCUT2D eigenvalue weighted by Crippen LogP contribution is 2.22. The van der Waals surface area contributed by atoms with Gasteiger partial charge in [0.25, 0.3) is 0 Å². The molecule has 0 aromatic heterocycles. The zero-order chi connectivity index (χ0) is 8.16. The highest BCUT2D eigenvalue weighted by Gasteiger charge is 2.22. The van der Waals surface area contributed by atoms with Gasteiger partial charge in [0, 0.05) is 12.1 Å². The van der Waals surface area contributed by atoms with Crippen LogP contribution in [0.4, 0.5) is 0 Å². The van der Waals surface area contributed by atoms with Crippen LogP contribution in [0.1, 0.15) is 26.2 Å². The molecule has 0 saturated carbocycles. The van der Waals surface area contributed by atoms with E-state index in [1.807, 2.05) is 6.08 Å². The minimum Gasteiger partial charge on any atom is -0.308 e. The maximum atomic E-state index is 3.70. The fourth-order valence-corrected chi connectivity index (χ4v) is 1.44. The first-order valence-corrected chi connectivity index (χ1v) is 4.28. The van der Waals surface area contributed by atoms with Crippen LogP contribution in [0.5, 0.6) is 0 Å². The van der Waals surface area contributed by atoms with Crippen molar-refractivity contribution in [1.29, 1.82) is 0 Å². The molecular weight excluding hydrogens is 134 g/mol. The number of rotatable bonds is 3. The molecule has 0 radical (unpaired) electrons. The molecular formula is C10H17N. The first-order valence-electron chi connectivity index (χ1n) is 4.28. The van der Waals surface area contributed by atoms with Gasteiger partial charge in [-0.2, -0.15) is 0 Å². The van der Waals surface area contributed by atoms with Gasteiger partial charge >= 0.3 is 0 Å². The Labute approximate surface area is 69.2 Å². The number of allylic oxidation sites excluding steroid dienone is 1. The van der Waals surface area contributed by atoms with Crippen LogP contribution in [-0.2, 0) is 0 Å². The normalized spacial score (nSPS) is 30.3. The summed E-state index contributed by atoms with van der Waals surface area (Å²) in [6, 6.07) is 0. The first-order chi connectivity index (χ1) is 5.27. The van der Waals surface area contributed by atoms with E-state index < -0.39 is 0 Å². The molecule has 1 atom stereocenters. The summed E-state index contributed by atoms with van der Waals surface area (Å²) in [5.74, 6) is 0. The van der Waals surface area contributed by atoms with Crippen molar-refractivity contribution in [3.63, 3.8) is 0 Å². The fourth-order valence-electron chi connectivity index (χ4n) is 1.44. The third-order valence-electron chi connectivity index (χ3n) is 2.27. The summed E-state index contributed by atoms with van der Waals surface area (Å²) in [7, 11) is 0. The Morgan fingerprint density at radius 1 is 1.64 bits per heavy atom. The number of hydrogen-bond acceptors (Lipinski definition) is 1. The van der Waals surface area contributed by atoms with E-state index in [1.165, 1.54) is 12.8 Å². The van der Waals surface area contributed by atoms with Crippen molar-refractivity contribution in [2.45, 2.75) is 31.7 Å². The van der Waals surface area contributed by atoms with E-state index in [9.17, 15) is 0 Å². The molecule has 1 N–H and O–H groups in total. The van der Waals surface area contributed by atoms with Crippen LogP contribution in [-0.4, -0.2) is 12.1 Å². The molecule has 1 unspecified atom stereocenters. The van der Waals surface area contributed by atoms with Gasteiger partial charge in [-0.1, -0.05) is 18.2 Å². The lowest BCUT2D eigenvalue weighted by Gasteiger charge is -2.31. The summed E-state index contributed by atoms with van der Waals surface area (Å²) < 4.78 is 0. The predicted octanol–water partition coefficient (Wildman–Crippen LogP) is 2.26. The number of hydrogen-bond donors (Lipinski definition) is 1. The molecule has 0 fully saturated rings. The van der Waals surface area contributed by atoms with Crippen molar-refractivity contribution < 1.29 is 0 Å². The average molecular weight is 151 g/mol. The largest absolute Gasteiger partial charge is 0.308 e. The molecule has 1 aliphatic rings. The van der Waals surface area contributed by atoms with Crippen LogP contribution in [0.15, 0.2) is 24.8 Å². The molecule has 1 rings (SSSR count). The lowest BCUT2D eigenvalue weighted by molar-refractivity contribution is 0.340. The van der Waals surface area contributed by atoms with Gasteiger partial charge in [-0.3, -0.25) is 0 Å². The monoisotopic (exact) mass is 151 g/mol. The van der Waals surface area contributed by atoms with E-state index in [-0.39, 0.29) is 0 Å². The quantitative estimate of drug-likeness (QED) is 0.610. The van der Waals surface area contributed by atoms with Gasteiger partial charge in [-0.05, 0) is 26.2 Å². The summed E-state index contributed by atoms with van der Waals surface area (Å²) in [6.45, 7) is 6.89. The van der Waals surface area contributed by atoms with Crippen LogP contribution in [0.25, 0.3) is 0 Å². The molecule has 0 spiro atoms. The van der Waals surface area contributed by atoms with Gasteiger partial charge < -0.3 is 5.32 Å². The molecule has 0 amide bonds. The van der Waals surface area contributed by atoms with E-state index in [2.05, 4.69) is 31.0 Å². The Hall–Kier alpha value is -0.560. The Bertz CT molecular complexity index is 160. The van der Waals surface area contributed by atoms with Crippen molar-refractivity contribution in [1.82, 2.24) is 5.32 Å². The van der Waals surface area contributed by atoms with Crippen molar-refractivity contribution in [2.24, 2.45) is 0 Å². The SMILES string of the molecule is C=CCNC1(C)CC=CCC1. The lowest BCUT2D eigenvalue weighted by Crippen LogP contribution is -2.42. The van der Waals surface area contributed by atoms with Crippen LogP contribution in [0.2, 0.25) is 0 Å². The summed E-state index contributed by atoms with van der Waals surface area (Å²) in [6.07, 6.45) is 10.1. The van der Waals surface area contributed by atoms with E-state index in [1.54, 1.807) is 0 Å². The minimum atomic E-state index is 0.322. The molecule has 0 aromatic rings. The second-order valence-corrected chi connectivity index (χ2v) is 3.44. The molecule has 1 heteroatoms. The zero-order valence-electron chi connectivity index (χ0n) is 7.27. The lowest BCUT2D eigenvalue weighted by atomic mass is 9.88. The second-order valence-electron chi connectivity index (χ2n) is 3.44. The third kappa shape index (κ3) is 2.51. The number of nitrogens with one attached hydrogen (secondary N) is 1. The van der Waals surface area contributed by atoms with Crippen LogP contribution >= 0.6 is 0 Å². The molecule has 11 heavy (non-hydrogen) atoms. The highest BCUT2D eigenvalue weighted by atomic mass is 15.0. The Morgan fingerprint density at radius 2 is 2.45 bits per heavy atom. The third-order valence-corrected chi connectivity index (χ3v) is 2.27. The Balaban J connectivity index is 2.38. The molecule has 0 bridgehead atoms. The molecule has 62 valence electrons. The van der Waals surface area contributed by atoms with E-state index >= 15 is 0 Å². The summed E-state index contributed by atoms with van der Waals surface area (Å²) in [4.78, 5) is 0. The van der Waals surface area contributed by atoms with Crippen LogP contribution in [0, 0.1) is 0 Å². The van der Waals surface area contributed by atoms with Crippen molar-refractivity contribution in [3.05, 3.63) is 24.8 Å². The smallest absolute Gasteiger partial charge is 0.0193 e. The maximum absolute atomic E-state index is 3.70. The van der Waals surface area contributed by atoms with E-state index in [0.29, 0.717) is 5.54 Å². The van der Waals surface area contributed by atoms with Crippen LogP contribution < -0.4 is 5.32 Å². The van der Waals surface area contributed by atoms with Crippen molar-refractivity contribution in [2.75, 3.05) is 6.54 Å². The minimum absolute atomic E-state index is 0.322. The topological polar surface area (TPSA) is 12.0 Å². The molecule has 0 aromatic carbocycles. The standard InChI is InChI=1S/C10H17N/c1-3-9-11-10(2)7-5-4-6-8-10/h3-5,11H,1,6-9H2,2H3. The van der Waals surface area contributed by atoms with Crippen molar-refractivity contribution in [3.8, 4) is 0 Å². The van der Waals surface area contributed by atoms with Gasteiger partial charge in [0.1, 0.15) is 0 Å². The highest BCUT2D eigenvalue weighted by molar-refractivity contribution is 5.01. The second kappa shape index (κ2) is 3.72. The predicted molar refractivity (Wildman–Crippen MR) is 49.6 cm³/mol. The molecule has 0 aliphatic heterocycles. The molecule has 0 heterocycles. The zero-order valence-corrected chi connectivity index (χ0v) is 7.27. The van der Waals surface area contributed by atoms with Gasteiger partial charge in [-0.15, -0.1) is 6.58 Å². The first kappa shape index (κ1) is 8.54. The van der Waals surface area contributed by atoms with Crippen LogP contribution in [0.3, 0.4) is 0 Å². The van der Waals surface area contributed by atoms with Gasteiger partial charge in [0.2, 0.25) is 0 Å². The van der Waals surface area contributed by atoms with E-state index in [0.717, 1.165) is 13.0 Å². The Morgan fingerprint density at radius 3 is 3.00 bits per heavy atom. The molecule has 0 saturated heterocycles.